The molecule has 0 saturated heterocycles. The maximum Gasteiger partial charge on any atom is 0.309 e. The smallest absolute Gasteiger partial charge is 0.309 e. The average molecular weight is 543 g/mol. The van der Waals surface area contributed by atoms with Crippen LogP contribution in [0, 0.1) is 37.7 Å². The van der Waals surface area contributed by atoms with Gasteiger partial charge < -0.3 is 9.67 Å². The molecule has 0 aromatic carbocycles. The number of hydrogen-bond donors (Lipinski definition) is 1. The Morgan fingerprint density at radius 1 is 1.15 bits per heavy atom. The van der Waals surface area contributed by atoms with Gasteiger partial charge in [0.2, 0.25) is 0 Å². The first-order chi connectivity index (χ1) is 18.1. The molecule has 1 N–H and O–H groups in total. The molecule has 7 heteroatoms. The van der Waals surface area contributed by atoms with Gasteiger partial charge in [-0.05, 0) is 68.7 Å². The minimum absolute atomic E-state index is 0.185. The molecule has 39 heavy (non-hydrogen) atoms. The van der Waals surface area contributed by atoms with E-state index in [1.807, 2.05) is 13.8 Å². The van der Waals surface area contributed by atoms with Crippen molar-refractivity contribution in [2.45, 2.75) is 92.3 Å². The molecule has 0 spiro atoms. The van der Waals surface area contributed by atoms with E-state index in [4.69, 9.17) is 4.98 Å². The number of carbonyl (C=O) groups is 1. The summed E-state index contributed by atoms with van der Waals surface area (Å²) in [6, 6.07) is 2.10. The van der Waals surface area contributed by atoms with Crippen molar-refractivity contribution in [3.05, 3.63) is 46.7 Å². The van der Waals surface area contributed by atoms with Crippen LogP contribution in [-0.4, -0.2) is 38.7 Å². The molecule has 1 aliphatic rings. The van der Waals surface area contributed by atoms with Crippen molar-refractivity contribution in [3.8, 4) is 22.7 Å². The van der Waals surface area contributed by atoms with Gasteiger partial charge in [-0.15, -0.1) is 5.54 Å². The van der Waals surface area contributed by atoms with E-state index in [9.17, 15) is 9.90 Å². The second-order valence-electron chi connectivity index (χ2n) is 12.7. The van der Waals surface area contributed by atoms with Crippen LogP contribution in [0.25, 0.3) is 27.9 Å². The predicted octanol–water partition coefficient (Wildman–Crippen LogP) is 7.40. The van der Waals surface area contributed by atoms with Crippen LogP contribution < -0.4 is 0 Å². The van der Waals surface area contributed by atoms with Crippen LogP contribution in [0.3, 0.4) is 0 Å². The minimum Gasteiger partial charge on any atom is -0.481 e. The normalized spacial score (nSPS) is 18.1. The maximum absolute atomic E-state index is 12.1. The molecule has 3 heterocycles. The summed E-state index contributed by atoms with van der Waals surface area (Å²) in [7, 11) is 0.288. The van der Waals surface area contributed by atoms with Crippen molar-refractivity contribution < 1.29 is 9.90 Å². The van der Waals surface area contributed by atoms with Crippen LogP contribution in [0.5, 0.6) is 0 Å². The topological polar surface area (TPSA) is 80.9 Å². The molecular weight excluding hydrogens is 500 g/mol. The summed E-state index contributed by atoms with van der Waals surface area (Å²) < 4.78 is 2.15. The average Bonchev–Trinajstić information content (AvgIpc) is 3.15. The monoisotopic (exact) mass is 542 g/mol. The van der Waals surface area contributed by atoms with E-state index < -0.39 is 19.5 Å². The van der Waals surface area contributed by atoms with Crippen molar-refractivity contribution in [2.75, 3.05) is 0 Å². The van der Waals surface area contributed by atoms with Crippen LogP contribution >= 0.6 is 0 Å². The largest absolute Gasteiger partial charge is 0.481 e. The van der Waals surface area contributed by atoms with Gasteiger partial charge in [-0.1, -0.05) is 52.8 Å². The molecule has 206 valence electrons. The molecule has 0 saturated carbocycles. The summed E-state index contributed by atoms with van der Waals surface area (Å²) in [4.78, 5) is 26.3. The first-order valence-electron chi connectivity index (χ1n) is 13.9. The highest BCUT2D eigenvalue weighted by atomic mass is 28.3. The molecule has 1 aliphatic carbocycles. The Morgan fingerprint density at radius 2 is 1.85 bits per heavy atom. The fourth-order valence-corrected chi connectivity index (χ4v) is 6.27. The van der Waals surface area contributed by atoms with Crippen LogP contribution in [0.1, 0.15) is 81.6 Å². The number of allylic oxidation sites excluding steroid dienone is 2. The molecule has 1 atom stereocenters. The van der Waals surface area contributed by atoms with Gasteiger partial charge in [0, 0.05) is 29.3 Å². The lowest BCUT2D eigenvalue weighted by molar-refractivity contribution is -0.149. The van der Waals surface area contributed by atoms with Gasteiger partial charge in [0.1, 0.15) is 25.7 Å². The highest BCUT2D eigenvalue weighted by Gasteiger charge is 2.39. The quantitative estimate of drug-likeness (QED) is 0.274. The standard InChI is InChI=1S/C32H42N4O2Si/c1-11-32(30(37)38)15-12-23(13-16-32)27-26-21(3)33-19-34-29(26)36(8)28(27)25-20(2)18-24(35-22(25)4)14-17-39(9,10)31(5,6)7/h12,18-19H,11,13,15-16H2,1-10H3,(H,37,38). The van der Waals surface area contributed by atoms with Crippen LogP contribution in [-0.2, 0) is 11.8 Å². The van der Waals surface area contributed by atoms with E-state index in [2.05, 4.69) is 92.9 Å². The maximum atomic E-state index is 12.1. The number of hydrogen-bond acceptors (Lipinski definition) is 4. The van der Waals surface area contributed by atoms with Crippen molar-refractivity contribution in [2.24, 2.45) is 12.5 Å². The van der Waals surface area contributed by atoms with Crippen LogP contribution in [0.2, 0.25) is 18.1 Å². The van der Waals surface area contributed by atoms with Gasteiger partial charge in [0.15, 0.2) is 0 Å². The van der Waals surface area contributed by atoms with Crippen molar-refractivity contribution >= 4 is 30.6 Å². The van der Waals surface area contributed by atoms with Gasteiger partial charge in [-0.25, -0.2) is 15.0 Å². The van der Waals surface area contributed by atoms with Gasteiger partial charge in [0.25, 0.3) is 0 Å². The number of carboxylic acids is 1. The van der Waals surface area contributed by atoms with Gasteiger partial charge in [-0.3, -0.25) is 4.79 Å². The zero-order chi connectivity index (χ0) is 28.9. The molecule has 6 nitrogen and oxygen atoms in total. The fourth-order valence-electron chi connectivity index (χ4n) is 5.46. The highest BCUT2D eigenvalue weighted by Crippen LogP contribution is 2.47. The fraction of sp³-hybridized carbons (Fsp3) is 0.500. The van der Waals surface area contributed by atoms with E-state index in [1.165, 1.54) is 5.57 Å². The van der Waals surface area contributed by atoms with Gasteiger partial charge in [-0.2, -0.15) is 0 Å². The Morgan fingerprint density at radius 3 is 2.38 bits per heavy atom. The summed E-state index contributed by atoms with van der Waals surface area (Å²) in [6.07, 6.45) is 6.21. The SMILES string of the molecule is CCC1(C(=O)O)CC=C(c2c(-c3c(C)cc(C#C[Si](C)(C)C(C)(C)C)nc3C)n(C)c3ncnc(C)c23)CC1. The molecule has 0 amide bonds. The molecule has 0 bridgehead atoms. The van der Waals surface area contributed by atoms with E-state index in [0.717, 1.165) is 50.5 Å². The van der Waals surface area contributed by atoms with Gasteiger partial charge >= 0.3 is 5.97 Å². The number of aryl methyl sites for hydroxylation is 4. The van der Waals surface area contributed by atoms with Crippen molar-refractivity contribution in [1.82, 2.24) is 19.5 Å². The van der Waals surface area contributed by atoms with Crippen LogP contribution in [0.15, 0.2) is 18.5 Å². The number of nitrogens with zero attached hydrogens (tertiary/aromatic N) is 4. The number of carboxylic acid groups (broad SMARTS) is 1. The number of aromatic nitrogens is 4. The third-order valence-corrected chi connectivity index (χ3v) is 13.7. The Hall–Kier alpha value is -3.24. The molecule has 3 aromatic heterocycles. The number of pyridine rings is 1. The van der Waals surface area contributed by atoms with Gasteiger partial charge in [0.05, 0.1) is 16.8 Å². The predicted molar refractivity (Wildman–Crippen MR) is 162 cm³/mol. The highest BCUT2D eigenvalue weighted by molar-refractivity contribution is 6.87. The van der Waals surface area contributed by atoms with Crippen molar-refractivity contribution in [1.29, 1.82) is 0 Å². The molecular formula is C32H42N4O2Si. The summed E-state index contributed by atoms with van der Waals surface area (Å²) >= 11 is 0. The summed E-state index contributed by atoms with van der Waals surface area (Å²) in [5, 5.41) is 11.2. The third kappa shape index (κ3) is 4.95. The van der Waals surface area contributed by atoms with E-state index in [1.54, 1.807) is 6.33 Å². The summed E-state index contributed by atoms with van der Waals surface area (Å²) in [6.45, 7) is 19.6. The zero-order valence-electron chi connectivity index (χ0n) is 25.2. The van der Waals surface area contributed by atoms with Crippen LogP contribution in [0.4, 0.5) is 0 Å². The number of fused-ring (bicyclic) bond motifs is 1. The Kier molecular flexibility index (Phi) is 7.42. The summed E-state index contributed by atoms with van der Waals surface area (Å²) in [5.41, 5.74) is 12.0. The molecule has 0 aliphatic heterocycles. The minimum atomic E-state index is -1.76. The molecule has 0 fully saturated rings. The summed E-state index contributed by atoms with van der Waals surface area (Å²) in [5.74, 6) is 2.71. The molecule has 0 radical (unpaired) electrons. The lowest BCUT2D eigenvalue weighted by atomic mass is 9.72. The second-order valence-corrected chi connectivity index (χ2v) is 17.7. The third-order valence-electron chi connectivity index (χ3n) is 9.23. The Labute approximate surface area is 234 Å². The zero-order valence-corrected chi connectivity index (χ0v) is 26.2. The first-order valence-corrected chi connectivity index (χ1v) is 16.9. The van der Waals surface area contributed by atoms with Crippen molar-refractivity contribution in [3.63, 3.8) is 0 Å². The number of aliphatic carboxylic acids is 1. The Balaban J connectivity index is 1.93. The lowest BCUT2D eigenvalue weighted by Crippen LogP contribution is -2.35. The lowest BCUT2D eigenvalue weighted by Gasteiger charge is -2.32. The molecule has 1 unspecified atom stereocenters. The Bertz CT molecular complexity index is 1540. The number of rotatable bonds is 4. The molecule has 3 aromatic rings. The second kappa shape index (κ2) is 10.1. The first kappa shape index (κ1) is 28.8. The van der Waals surface area contributed by atoms with E-state index in [0.29, 0.717) is 25.7 Å². The molecule has 4 rings (SSSR count). The van der Waals surface area contributed by atoms with E-state index >= 15 is 0 Å². The van der Waals surface area contributed by atoms with E-state index in [-0.39, 0.29) is 5.04 Å².